The van der Waals surface area contributed by atoms with E-state index < -0.39 is 16.1 Å². The summed E-state index contributed by atoms with van der Waals surface area (Å²) in [7, 11) is -0.878. The number of hydrogen-bond donors (Lipinski definition) is 0. The number of anilines is 1. The summed E-state index contributed by atoms with van der Waals surface area (Å²) < 4.78 is 39.7. The number of amides is 1. The molecule has 5 rings (SSSR count). The fourth-order valence-electron chi connectivity index (χ4n) is 4.45. The average Bonchev–Trinajstić information content (AvgIpc) is 3.61. The minimum atomic E-state index is -3.93. The van der Waals surface area contributed by atoms with E-state index in [1.165, 1.54) is 39.8 Å². The number of nitrogens with zero attached hydrogens (tertiary/aromatic N) is 4. The molecule has 38 heavy (non-hydrogen) atoms. The number of hydrogen-bond acceptors (Lipinski definition) is 8. The molecule has 0 aliphatic carbocycles. The Labute approximate surface area is 229 Å². The van der Waals surface area contributed by atoms with Crippen molar-refractivity contribution in [3.8, 4) is 11.5 Å². The molecule has 0 spiro atoms. The van der Waals surface area contributed by atoms with Gasteiger partial charge in [0.15, 0.2) is 5.13 Å². The van der Waals surface area contributed by atoms with Crippen LogP contribution in [0, 0.1) is 0 Å². The van der Waals surface area contributed by atoms with Gasteiger partial charge in [-0.3, -0.25) is 14.7 Å². The van der Waals surface area contributed by atoms with Crippen molar-refractivity contribution in [3.05, 3.63) is 71.5 Å². The Balaban J connectivity index is 1.54. The molecule has 198 valence electrons. The van der Waals surface area contributed by atoms with Gasteiger partial charge in [0.1, 0.15) is 23.1 Å². The highest BCUT2D eigenvalue weighted by Crippen LogP contribution is 2.40. The van der Waals surface area contributed by atoms with E-state index in [1.807, 2.05) is 12.1 Å². The summed E-state index contributed by atoms with van der Waals surface area (Å²) in [5, 5.41) is 0.870. The van der Waals surface area contributed by atoms with Crippen LogP contribution >= 0.6 is 22.9 Å². The summed E-state index contributed by atoms with van der Waals surface area (Å²) in [5.74, 6) is 0.700. The zero-order chi connectivity index (χ0) is 26.9. The van der Waals surface area contributed by atoms with Crippen LogP contribution in [0.3, 0.4) is 0 Å². The highest BCUT2D eigenvalue weighted by atomic mass is 35.5. The molecule has 0 bridgehead atoms. The van der Waals surface area contributed by atoms with Crippen LogP contribution < -0.4 is 14.4 Å². The van der Waals surface area contributed by atoms with Gasteiger partial charge < -0.3 is 9.47 Å². The van der Waals surface area contributed by atoms with Gasteiger partial charge in [-0.1, -0.05) is 29.0 Å². The molecule has 1 saturated heterocycles. The van der Waals surface area contributed by atoms with E-state index in [0.717, 1.165) is 0 Å². The van der Waals surface area contributed by atoms with Crippen LogP contribution in [0.4, 0.5) is 5.13 Å². The van der Waals surface area contributed by atoms with Gasteiger partial charge in [0, 0.05) is 12.7 Å². The van der Waals surface area contributed by atoms with E-state index in [1.54, 1.807) is 43.6 Å². The zero-order valence-corrected chi connectivity index (χ0v) is 23.1. The molecule has 4 aromatic rings. The van der Waals surface area contributed by atoms with Crippen LogP contribution in [-0.2, 0) is 21.4 Å². The number of fused-ring (bicyclic) bond motifs is 1. The van der Waals surface area contributed by atoms with Crippen molar-refractivity contribution >= 4 is 54.2 Å². The van der Waals surface area contributed by atoms with Gasteiger partial charge in [-0.2, -0.15) is 4.31 Å². The Morgan fingerprint density at radius 2 is 1.92 bits per heavy atom. The van der Waals surface area contributed by atoms with Gasteiger partial charge in [-0.05, 0) is 61.4 Å². The number of ether oxygens (including phenoxy) is 2. The Bertz CT molecular complexity index is 1560. The topological polar surface area (TPSA) is 102 Å². The maximum Gasteiger partial charge on any atom is 0.247 e. The number of carbonyl (C=O) groups is 1. The van der Waals surface area contributed by atoms with E-state index in [-0.39, 0.29) is 23.9 Å². The molecule has 0 saturated carbocycles. The van der Waals surface area contributed by atoms with Crippen molar-refractivity contribution < 1.29 is 22.7 Å². The monoisotopic (exact) mass is 572 g/mol. The number of aromatic nitrogens is 2. The van der Waals surface area contributed by atoms with Gasteiger partial charge in [-0.15, -0.1) is 0 Å². The van der Waals surface area contributed by atoms with Gasteiger partial charge in [0.05, 0.1) is 41.1 Å². The molecule has 2 aromatic heterocycles. The highest BCUT2D eigenvalue weighted by molar-refractivity contribution is 7.89. The van der Waals surface area contributed by atoms with Gasteiger partial charge >= 0.3 is 0 Å². The van der Waals surface area contributed by atoms with Gasteiger partial charge in [0.25, 0.3) is 0 Å². The fourth-order valence-corrected chi connectivity index (χ4v) is 7.36. The minimum absolute atomic E-state index is 0.103. The third kappa shape index (κ3) is 4.94. The molecule has 1 amide bonds. The number of thiazole rings is 1. The number of carbonyl (C=O) groups excluding carboxylic acids is 1. The van der Waals surface area contributed by atoms with E-state index in [4.69, 9.17) is 26.1 Å². The minimum Gasteiger partial charge on any atom is -0.497 e. The first-order valence-corrected chi connectivity index (χ1v) is 14.5. The summed E-state index contributed by atoms with van der Waals surface area (Å²) in [6.07, 6.45) is 2.59. The molecule has 2 aromatic carbocycles. The lowest BCUT2D eigenvalue weighted by Crippen LogP contribution is -2.47. The van der Waals surface area contributed by atoms with Crippen LogP contribution in [-0.4, -0.2) is 55.4 Å². The van der Waals surface area contributed by atoms with Gasteiger partial charge in [0.2, 0.25) is 15.9 Å². The van der Waals surface area contributed by atoms with Crippen LogP contribution in [0.1, 0.15) is 18.5 Å². The largest absolute Gasteiger partial charge is 0.497 e. The first-order chi connectivity index (χ1) is 18.3. The second kappa shape index (κ2) is 10.9. The van der Waals surface area contributed by atoms with E-state index in [2.05, 4.69) is 4.98 Å². The lowest BCUT2D eigenvalue weighted by Gasteiger charge is -2.28. The van der Waals surface area contributed by atoms with E-state index in [9.17, 15) is 13.2 Å². The molecule has 0 radical (unpaired) electrons. The number of pyridine rings is 1. The second-order valence-corrected chi connectivity index (χ2v) is 11.9. The third-order valence-electron chi connectivity index (χ3n) is 6.37. The summed E-state index contributed by atoms with van der Waals surface area (Å²) in [6, 6.07) is 14.1. The molecule has 1 fully saturated rings. The standard InChI is InChI=1S/C26H25ClN4O5S2/c1-35-18-8-10-19(11-9-18)38(33,34)31-15-5-7-21(31)25(32)30(16-17-6-3-4-14-28-17)26-29-23-22(36-2)13-12-20(27)24(23)37-26/h3-4,6,8-14,21H,5,7,15-16H2,1-2H3. The SMILES string of the molecule is COc1ccc(S(=O)(=O)N2CCCC2C(=O)N(Cc2ccccn2)c2nc3c(OC)ccc(Cl)c3s2)cc1. The third-order valence-corrected chi connectivity index (χ3v) is 9.83. The van der Waals surface area contributed by atoms with Crippen molar-refractivity contribution in [3.63, 3.8) is 0 Å². The van der Waals surface area contributed by atoms with Crippen molar-refractivity contribution in [2.75, 3.05) is 25.7 Å². The molecule has 1 unspecified atom stereocenters. The molecule has 3 heterocycles. The summed E-state index contributed by atoms with van der Waals surface area (Å²) in [6.45, 7) is 0.355. The van der Waals surface area contributed by atoms with Crippen LogP contribution in [0.5, 0.6) is 11.5 Å². The molecule has 9 nitrogen and oxygen atoms in total. The number of methoxy groups -OCH3 is 2. The van der Waals surface area contributed by atoms with Crippen LogP contribution in [0.2, 0.25) is 5.02 Å². The van der Waals surface area contributed by atoms with Gasteiger partial charge in [-0.25, -0.2) is 13.4 Å². The number of halogens is 1. The Kier molecular flexibility index (Phi) is 7.53. The normalized spacial score (nSPS) is 16.0. The molecular weight excluding hydrogens is 548 g/mol. The molecule has 1 atom stereocenters. The average molecular weight is 573 g/mol. The lowest BCUT2D eigenvalue weighted by molar-refractivity contribution is -0.121. The van der Waals surface area contributed by atoms with E-state index >= 15 is 0 Å². The summed E-state index contributed by atoms with van der Waals surface area (Å²) in [5.41, 5.74) is 1.17. The Morgan fingerprint density at radius 1 is 1.13 bits per heavy atom. The quantitative estimate of drug-likeness (QED) is 0.300. The molecule has 12 heteroatoms. The molecule has 1 aliphatic rings. The van der Waals surface area contributed by atoms with Crippen molar-refractivity contribution in [1.29, 1.82) is 0 Å². The van der Waals surface area contributed by atoms with Crippen molar-refractivity contribution in [1.82, 2.24) is 14.3 Å². The zero-order valence-electron chi connectivity index (χ0n) is 20.7. The van der Waals surface area contributed by atoms with Crippen molar-refractivity contribution in [2.24, 2.45) is 0 Å². The maximum atomic E-state index is 14.1. The predicted octanol–water partition coefficient (Wildman–Crippen LogP) is 4.75. The highest BCUT2D eigenvalue weighted by Gasteiger charge is 2.42. The maximum absolute atomic E-state index is 14.1. The predicted molar refractivity (Wildman–Crippen MR) is 147 cm³/mol. The first kappa shape index (κ1) is 26.4. The smallest absolute Gasteiger partial charge is 0.247 e. The lowest BCUT2D eigenvalue weighted by atomic mass is 10.2. The van der Waals surface area contributed by atoms with Crippen LogP contribution in [0.25, 0.3) is 10.2 Å². The van der Waals surface area contributed by atoms with E-state index in [0.29, 0.717) is 50.4 Å². The Morgan fingerprint density at radius 3 is 2.61 bits per heavy atom. The fraction of sp³-hybridized carbons (Fsp3) is 0.269. The molecule has 0 N–H and O–H groups in total. The molecule has 1 aliphatic heterocycles. The second-order valence-electron chi connectivity index (χ2n) is 8.62. The van der Waals surface area contributed by atoms with Crippen molar-refractivity contribution in [2.45, 2.75) is 30.3 Å². The molecular formula is C26H25ClN4O5S2. The Hall–Kier alpha value is -3.25. The summed E-state index contributed by atoms with van der Waals surface area (Å²) >= 11 is 7.70. The summed E-state index contributed by atoms with van der Waals surface area (Å²) in [4.78, 5) is 24.8. The van der Waals surface area contributed by atoms with Crippen LogP contribution in [0.15, 0.2) is 65.7 Å². The number of sulfonamides is 1. The number of benzene rings is 2. The number of rotatable bonds is 8. The first-order valence-electron chi connectivity index (χ1n) is 11.8.